The fourth-order valence-electron chi connectivity index (χ4n) is 3.53. The minimum absolute atomic E-state index is 0. The lowest BCUT2D eigenvalue weighted by Crippen LogP contribution is -2.49. The van der Waals surface area contributed by atoms with E-state index in [9.17, 15) is 0 Å². The van der Waals surface area contributed by atoms with Crippen molar-refractivity contribution in [2.75, 3.05) is 31.6 Å². The van der Waals surface area contributed by atoms with Crippen LogP contribution in [0.4, 0.5) is 5.69 Å². The van der Waals surface area contributed by atoms with Gasteiger partial charge in [0.05, 0.1) is 6.26 Å². The first-order valence-corrected chi connectivity index (χ1v) is 10.0. The van der Waals surface area contributed by atoms with Gasteiger partial charge in [0.25, 0.3) is 0 Å². The summed E-state index contributed by atoms with van der Waals surface area (Å²) in [6.45, 7) is 2.81. The normalized spacial score (nSPS) is 15.0. The van der Waals surface area contributed by atoms with Crippen LogP contribution in [0.25, 0.3) is 11.6 Å². The average Bonchev–Trinajstić information content (AvgIpc) is 3.46. The second-order valence-electron chi connectivity index (χ2n) is 7.07. The Labute approximate surface area is 193 Å². The first-order chi connectivity index (χ1) is 14.3. The van der Waals surface area contributed by atoms with Gasteiger partial charge in [-0.2, -0.15) is 5.10 Å². The number of anilines is 1. The Morgan fingerprint density at radius 3 is 2.70 bits per heavy atom. The van der Waals surface area contributed by atoms with Crippen LogP contribution in [0.3, 0.4) is 0 Å². The van der Waals surface area contributed by atoms with Crippen molar-refractivity contribution in [2.45, 2.75) is 25.3 Å². The minimum Gasteiger partial charge on any atom is -0.461 e. The Hall–Kier alpha value is -2.56. The molecule has 0 bridgehead atoms. The molecular weight excluding hydrogens is 493 g/mol. The highest BCUT2D eigenvalue weighted by atomic mass is 127. The molecule has 3 aromatic rings. The van der Waals surface area contributed by atoms with Crippen LogP contribution in [-0.2, 0) is 6.42 Å². The highest BCUT2D eigenvalue weighted by Gasteiger charge is 2.20. The Morgan fingerprint density at radius 1 is 1.20 bits per heavy atom. The summed E-state index contributed by atoms with van der Waals surface area (Å²) < 4.78 is 5.32. The van der Waals surface area contributed by atoms with Crippen molar-refractivity contribution < 1.29 is 4.42 Å². The Bertz CT molecular complexity index is 903. The monoisotopic (exact) mass is 521 g/mol. The molecule has 9 heteroatoms. The molecule has 1 fully saturated rings. The molecule has 0 saturated carbocycles. The van der Waals surface area contributed by atoms with E-state index in [1.165, 1.54) is 5.69 Å². The van der Waals surface area contributed by atoms with Gasteiger partial charge in [-0.1, -0.05) is 18.2 Å². The molecule has 3 heterocycles. The number of H-pyrrole nitrogens is 1. The number of benzene rings is 1. The van der Waals surface area contributed by atoms with Crippen LogP contribution in [0.5, 0.6) is 0 Å². The number of hydrogen-bond acceptors (Lipinski definition) is 5. The van der Waals surface area contributed by atoms with Crippen molar-refractivity contribution in [3.8, 4) is 11.6 Å². The predicted octanol–water partition coefficient (Wildman–Crippen LogP) is 3.06. The van der Waals surface area contributed by atoms with Gasteiger partial charge >= 0.3 is 0 Å². The smallest absolute Gasteiger partial charge is 0.216 e. The van der Waals surface area contributed by atoms with Crippen molar-refractivity contribution >= 4 is 35.6 Å². The zero-order valence-electron chi connectivity index (χ0n) is 17.0. The molecule has 160 valence electrons. The van der Waals surface area contributed by atoms with Gasteiger partial charge in [-0.05, 0) is 37.1 Å². The molecule has 1 aliphatic rings. The molecule has 30 heavy (non-hydrogen) atoms. The highest BCUT2D eigenvalue weighted by Crippen LogP contribution is 2.19. The Kier molecular flexibility index (Phi) is 8.12. The summed E-state index contributed by atoms with van der Waals surface area (Å²) in [6.07, 6.45) is 4.52. The largest absolute Gasteiger partial charge is 0.461 e. The molecule has 0 atom stereocenters. The number of halogens is 1. The summed E-state index contributed by atoms with van der Waals surface area (Å²) in [7, 11) is 1.80. The number of guanidine groups is 1. The number of furan rings is 1. The molecule has 2 aromatic heterocycles. The molecule has 0 amide bonds. The van der Waals surface area contributed by atoms with Gasteiger partial charge in [0.2, 0.25) is 5.82 Å². The highest BCUT2D eigenvalue weighted by molar-refractivity contribution is 14.0. The van der Waals surface area contributed by atoms with Gasteiger partial charge in [-0.25, -0.2) is 4.98 Å². The van der Waals surface area contributed by atoms with Crippen molar-refractivity contribution in [2.24, 2.45) is 4.99 Å². The van der Waals surface area contributed by atoms with Gasteiger partial charge in [-0.3, -0.25) is 10.1 Å². The number of para-hydroxylation sites is 1. The molecule has 0 spiro atoms. The lowest BCUT2D eigenvalue weighted by molar-refractivity contribution is 0.461. The van der Waals surface area contributed by atoms with Crippen LogP contribution in [-0.4, -0.2) is 53.9 Å². The average molecular weight is 521 g/mol. The van der Waals surface area contributed by atoms with Crippen LogP contribution in [0, 0.1) is 0 Å². The minimum atomic E-state index is 0. The second kappa shape index (κ2) is 11.0. The van der Waals surface area contributed by atoms with Crippen molar-refractivity contribution in [3.63, 3.8) is 0 Å². The Morgan fingerprint density at radius 2 is 2.00 bits per heavy atom. The SMILES string of the molecule is CN=C(NCCc1nc(-c2ccco2)n[nH]1)NC1CCN(c2ccccc2)CC1.I. The molecule has 1 aliphatic heterocycles. The van der Waals surface area contributed by atoms with E-state index in [1.54, 1.807) is 13.3 Å². The zero-order valence-corrected chi connectivity index (χ0v) is 19.4. The van der Waals surface area contributed by atoms with Gasteiger partial charge in [0, 0.05) is 44.8 Å². The topological polar surface area (TPSA) is 94.4 Å². The van der Waals surface area contributed by atoms with Crippen LogP contribution in [0.2, 0.25) is 0 Å². The number of aromatic nitrogens is 3. The van der Waals surface area contributed by atoms with Gasteiger partial charge in [0.1, 0.15) is 5.82 Å². The molecule has 0 unspecified atom stereocenters. The number of rotatable bonds is 6. The standard InChI is InChI=1S/C21H27N7O.HI/c1-22-21(23-12-9-19-25-20(27-26-19)18-8-5-15-29-18)24-16-10-13-28(14-11-16)17-6-3-2-4-7-17;/h2-8,15-16H,9-14H2,1H3,(H2,22,23,24)(H,25,26,27);1H. The maximum Gasteiger partial charge on any atom is 0.216 e. The van der Waals surface area contributed by atoms with Gasteiger partial charge < -0.3 is 20.0 Å². The Balaban J connectivity index is 0.00000256. The maximum atomic E-state index is 5.32. The van der Waals surface area contributed by atoms with Crippen molar-refractivity contribution in [1.29, 1.82) is 0 Å². The van der Waals surface area contributed by atoms with Gasteiger partial charge in [-0.15, -0.1) is 24.0 Å². The number of piperidine rings is 1. The molecule has 8 nitrogen and oxygen atoms in total. The summed E-state index contributed by atoms with van der Waals surface area (Å²) in [6, 6.07) is 14.7. The van der Waals surface area contributed by atoms with Crippen LogP contribution >= 0.6 is 24.0 Å². The summed E-state index contributed by atoms with van der Waals surface area (Å²) in [4.78, 5) is 11.3. The number of nitrogens with one attached hydrogen (secondary N) is 3. The summed E-state index contributed by atoms with van der Waals surface area (Å²) in [5.41, 5.74) is 1.30. The molecular formula is C21H28IN7O. The fourth-order valence-corrected chi connectivity index (χ4v) is 3.53. The maximum absolute atomic E-state index is 5.32. The van der Waals surface area contributed by atoms with Crippen molar-refractivity contribution in [1.82, 2.24) is 25.8 Å². The second-order valence-corrected chi connectivity index (χ2v) is 7.07. The summed E-state index contributed by atoms with van der Waals surface area (Å²) in [5, 5.41) is 14.1. The predicted molar refractivity (Wildman–Crippen MR) is 129 cm³/mol. The number of nitrogens with zero attached hydrogens (tertiary/aromatic N) is 4. The third-order valence-electron chi connectivity index (χ3n) is 5.11. The van der Waals surface area contributed by atoms with Gasteiger partial charge in [0.15, 0.2) is 11.7 Å². The lowest BCUT2D eigenvalue weighted by atomic mass is 10.0. The van der Waals surface area contributed by atoms with Crippen LogP contribution < -0.4 is 15.5 Å². The molecule has 3 N–H and O–H groups in total. The van der Waals surface area contributed by atoms with Crippen LogP contribution in [0.1, 0.15) is 18.7 Å². The molecule has 1 aromatic carbocycles. The van der Waals surface area contributed by atoms with E-state index in [1.807, 2.05) is 12.1 Å². The van der Waals surface area contributed by atoms with E-state index in [-0.39, 0.29) is 24.0 Å². The first kappa shape index (κ1) is 22.1. The van der Waals surface area contributed by atoms with E-state index in [4.69, 9.17) is 4.42 Å². The molecule has 0 radical (unpaired) electrons. The quantitative estimate of drug-likeness (QED) is 0.262. The number of aromatic amines is 1. The summed E-state index contributed by atoms with van der Waals surface area (Å²) >= 11 is 0. The van der Waals surface area contributed by atoms with Crippen molar-refractivity contribution in [3.05, 3.63) is 54.6 Å². The van der Waals surface area contributed by atoms with E-state index in [0.717, 1.165) is 50.7 Å². The first-order valence-electron chi connectivity index (χ1n) is 10.0. The zero-order chi connectivity index (χ0) is 19.9. The third kappa shape index (κ3) is 5.74. The molecule has 1 saturated heterocycles. The van der Waals surface area contributed by atoms with E-state index >= 15 is 0 Å². The molecule has 4 rings (SSSR count). The summed E-state index contributed by atoms with van der Waals surface area (Å²) in [5.74, 6) is 2.89. The molecule has 0 aliphatic carbocycles. The fraction of sp³-hybridized carbons (Fsp3) is 0.381. The van der Waals surface area contributed by atoms with E-state index < -0.39 is 0 Å². The third-order valence-corrected chi connectivity index (χ3v) is 5.11. The number of hydrogen-bond donors (Lipinski definition) is 3. The van der Waals surface area contributed by atoms with Crippen LogP contribution in [0.15, 0.2) is 58.1 Å². The lowest BCUT2D eigenvalue weighted by Gasteiger charge is -2.34. The van der Waals surface area contributed by atoms with E-state index in [2.05, 4.69) is 66.0 Å². The van der Waals surface area contributed by atoms with E-state index in [0.29, 0.717) is 17.6 Å². The number of aliphatic imine (C=N–C) groups is 1.